The number of aliphatic imine (C=N–C) groups is 1. The molecule has 0 spiro atoms. The smallest absolute Gasteiger partial charge is 0.265 e. The maximum atomic E-state index is 13.5. The van der Waals surface area contributed by atoms with Gasteiger partial charge in [-0.25, -0.2) is 4.90 Å². The standard InChI is InChI=1S/C25H29N3O2/c1-4-27-13-7-8-20(27)15-26-16-23-21-9-5-6-10-22(21)24(29)28(25(23)30)19-12-11-17(2)18(3)14-19/h5-6,9-12,14,16,20,23H,4,7-8,13,15H2,1-3H3/p+1/t20-,23?/m1/s1. The number of hydrogen-bond acceptors (Lipinski definition) is 3. The Kier molecular flexibility index (Phi) is 5.82. The molecule has 1 saturated heterocycles. The highest BCUT2D eigenvalue weighted by atomic mass is 16.2. The third kappa shape index (κ3) is 3.70. The number of benzene rings is 2. The fourth-order valence-electron chi connectivity index (χ4n) is 4.67. The summed E-state index contributed by atoms with van der Waals surface area (Å²) >= 11 is 0. The molecule has 2 aromatic rings. The van der Waals surface area contributed by atoms with Gasteiger partial charge in [-0.15, -0.1) is 0 Å². The topological polar surface area (TPSA) is 54.2 Å². The Balaban J connectivity index is 1.66. The summed E-state index contributed by atoms with van der Waals surface area (Å²) in [5.74, 6) is -1.02. The lowest BCUT2D eigenvalue weighted by molar-refractivity contribution is -0.908. The highest BCUT2D eigenvalue weighted by molar-refractivity contribution is 6.29. The molecule has 0 radical (unpaired) electrons. The van der Waals surface area contributed by atoms with E-state index in [-0.39, 0.29) is 11.8 Å². The van der Waals surface area contributed by atoms with Crippen LogP contribution in [-0.2, 0) is 4.79 Å². The Labute approximate surface area is 178 Å². The van der Waals surface area contributed by atoms with Crippen molar-refractivity contribution in [3.63, 3.8) is 0 Å². The van der Waals surface area contributed by atoms with Gasteiger partial charge in [-0.1, -0.05) is 24.3 Å². The van der Waals surface area contributed by atoms with Crippen LogP contribution in [0.25, 0.3) is 0 Å². The SMILES string of the molecule is CC[NH+]1CCC[C@@H]1CN=CC1C(=O)N(c2ccc(C)c(C)c2)C(=O)c2ccccc21. The first-order valence-corrected chi connectivity index (χ1v) is 10.9. The summed E-state index contributed by atoms with van der Waals surface area (Å²) in [6.07, 6.45) is 4.19. The number of amides is 2. The Morgan fingerprint density at radius 2 is 1.93 bits per heavy atom. The lowest BCUT2D eigenvalue weighted by atomic mass is 9.88. The van der Waals surface area contributed by atoms with Gasteiger partial charge in [-0.2, -0.15) is 0 Å². The zero-order chi connectivity index (χ0) is 21.3. The quantitative estimate of drug-likeness (QED) is 0.615. The first-order chi connectivity index (χ1) is 14.5. The van der Waals surface area contributed by atoms with E-state index in [9.17, 15) is 9.59 Å². The maximum absolute atomic E-state index is 13.5. The van der Waals surface area contributed by atoms with Crippen molar-refractivity contribution in [1.82, 2.24) is 0 Å². The molecule has 2 amide bonds. The van der Waals surface area contributed by atoms with Gasteiger partial charge in [0.05, 0.1) is 31.2 Å². The first-order valence-electron chi connectivity index (χ1n) is 10.9. The second-order valence-electron chi connectivity index (χ2n) is 8.43. The van der Waals surface area contributed by atoms with E-state index in [0.717, 1.165) is 29.8 Å². The van der Waals surface area contributed by atoms with Crippen molar-refractivity contribution in [1.29, 1.82) is 0 Å². The number of nitrogens with zero attached hydrogens (tertiary/aromatic N) is 2. The molecule has 2 unspecified atom stereocenters. The molecule has 0 bridgehead atoms. The number of anilines is 1. The molecular formula is C25H30N3O2+. The number of nitrogens with one attached hydrogen (secondary N) is 1. The first kappa shape index (κ1) is 20.5. The number of carbonyl (C=O) groups is 2. The van der Waals surface area contributed by atoms with Gasteiger partial charge in [0.25, 0.3) is 5.91 Å². The Morgan fingerprint density at radius 3 is 2.70 bits per heavy atom. The van der Waals surface area contributed by atoms with Gasteiger partial charge in [0.1, 0.15) is 6.04 Å². The van der Waals surface area contributed by atoms with E-state index in [2.05, 4.69) is 6.92 Å². The summed E-state index contributed by atoms with van der Waals surface area (Å²) < 4.78 is 0. The van der Waals surface area contributed by atoms with Gasteiger partial charge in [0.2, 0.25) is 5.91 Å². The zero-order valence-electron chi connectivity index (χ0n) is 18.0. The molecule has 1 N–H and O–H groups in total. The number of rotatable bonds is 5. The summed E-state index contributed by atoms with van der Waals surface area (Å²) in [6.45, 7) is 9.28. The minimum atomic E-state index is -0.535. The largest absolute Gasteiger partial charge is 0.331 e. The number of carbonyl (C=O) groups excluding carboxylic acids is 2. The summed E-state index contributed by atoms with van der Waals surface area (Å²) in [4.78, 5) is 34.3. The highest BCUT2D eigenvalue weighted by Crippen LogP contribution is 2.32. The highest BCUT2D eigenvalue weighted by Gasteiger charge is 2.39. The third-order valence-electron chi connectivity index (χ3n) is 6.63. The summed E-state index contributed by atoms with van der Waals surface area (Å²) in [6, 6.07) is 13.6. The van der Waals surface area contributed by atoms with Crippen LogP contribution in [0.4, 0.5) is 5.69 Å². The number of likely N-dealkylation sites (tertiary alicyclic amines) is 1. The molecule has 1 fully saturated rings. The molecule has 5 nitrogen and oxygen atoms in total. The van der Waals surface area contributed by atoms with Crippen LogP contribution >= 0.6 is 0 Å². The van der Waals surface area contributed by atoms with E-state index >= 15 is 0 Å². The van der Waals surface area contributed by atoms with Crippen LogP contribution in [0.5, 0.6) is 0 Å². The number of likely N-dealkylation sites (N-methyl/N-ethyl adjacent to an activating group) is 1. The predicted molar refractivity (Wildman–Crippen MR) is 120 cm³/mol. The van der Waals surface area contributed by atoms with Gasteiger partial charge < -0.3 is 4.90 Å². The third-order valence-corrected chi connectivity index (χ3v) is 6.63. The molecule has 0 aromatic heterocycles. The lowest BCUT2D eigenvalue weighted by Crippen LogP contribution is -3.13. The van der Waals surface area contributed by atoms with Crippen molar-refractivity contribution in [2.75, 3.05) is 24.5 Å². The fraction of sp³-hybridized carbons (Fsp3) is 0.400. The van der Waals surface area contributed by atoms with Gasteiger partial charge in [-0.05, 0) is 55.7 Å². The summed E-state index contributed by atoms with van der Waals surface area (Å²) in [5.41, 5.74) is 4.14. The predicted octanol–water partition coefficient (Wildman–Crippen LogP) is 2.71. The molecule has 3 atom stereocenters. The van der Waals surface area contributed by atoms with Crippen molar-refractivity contribution < 1.29 is 14.5 Å². The minimum Gasteiger partial charge on any atom is -0.331 e. The van der Waals surface area contributed by atoms with E-state index in [1.165, 1.54) is 24.3 Å². The van der Waals surface area contributed by atoms with Crippen LogP contribution in [-0.4, -0.2) is 43.7 Å². The molecule has 2 heterocycles. The number of aryl methyl sites for hydroxylation is 2. The van der Waals surface area contributed by atoms with E-state index in [4.69, 9.17) is 4.99 Å². The van der Waals surface area contributed by atoms with Crippen molar-refractivity contribution in [2.45, 2.75) is 45.6 Å². The van der Waals surface area contributed by atoms with E-state index < -0.39 is 5.92 Å². The van der Waals surface area contributed by atoms with Crippen LogP contribution in [0.15, 0.2) is 47.5 Å². The van der Waals surface area contributed by atoms with Crippen LogP contribution in [0.1, 0.15) is 52.7 Å². The van der Waals surface area contributed by atoms with Crippen LogP contribution in [0, 0.1) is 13.8 Å². The average Bonchev–Trinajstić information content (AvgIpc) is 3.20. The summed E-state index contributed by atoms with van der Waals surface area (Å²) in [5, 5.41) is 0. The van der Waals surface area contributed by atoms with Crippen LogP contribution in [0.2, 0.25) is 0 Å². The Hall–Kier alpha value is -2.79. The Morgan fingerprint density at radius 1 is 1.13 bits per heavy atom. The van der Waals surface area contributed by atoms with E-state index in [0.29, 0.717) is 17.3 Å². The molecule has 0 saturated carbocycles. The van der Waals surface area contributed by atoms with E-state index in [1.807, 2.05) is 50.2 Å². The van der Waals surface area contributed by atoms with Crippen molar-refractivity contribution in [2.24, 2.45) is 4.99 Å². The molecule has 2 aromatic carbocycles. The van der Waals surface area contributed by atoms with Crippen molar-refractivity contribution in [3.05, 3.63) is 64.7 Å². The molecule has 5 heteroatoms. The number of fused-ring (bicyclic) bond motifs is 1. The lowest BCUT2D eigenvalue weighted by Gasteiger charge is -2.31. The fourth-order valence-corrected chi connectivity index (χ4v) is 4.67. The molecule has 0 aliphatic carbocycles. The minimum absolute atomic E-state index is 0.225. The molecule has 156 valence electrons. The van der Waals surface area contributed by atoms with Crippen molar-refractivity contribution >= 4 is 23.7 Å². The van der Waals surface area contributed by atoms with E-state index in [1.54, 1.807) is 17.2 Å². The molecule has 4 rings (SSSR count). The summed E-state index contributed by atoms with van der Waals surface area (Å²) in [7, 11) is 0. The maximum Gasteiger partial charge on any atom is 0.265 e. The number of imide groups is 1. The zero-order valence-corrected chi connectivity index (χ0v) is 18.0. The second-order valence-corrected chi connectivity index (χ2v) is 8.43. The van der Waals surface area contributed by atoms with Crippen LogP contribution in [0.3, 0.4) is 0 Å². The van der Waals surface area contributed by atoms with Gasteiger partial charge >= 0.3 is 0 Å². The molecule has 30 heavy (non-hydrogen) atoms. The molecule has 2 aliphatic rings. The van der Waals surface area contributed by atoms with Gasteiger partial charge in [0, 0.05) is 24.6 Å². The second kappa shape index (κ2) is 8.52. The molecule has 2 aliphatic heterocycles. The van der Waals surface area contributed by atoms with Gasteiger partial charge in [-0.3, -0.25) is 14.6 Å². The monoisotopic (exact) mass is 404 g/mol. The number of quaternary nitrogens is 1. The van der Waals surface area contributed by atoms with Crippen LogP contribution < -0.4 is 9.80 Å². The number of hydrogen-bond donors (Lipinski definition) is 1. The van der Waals surface area contributed by atoms with Crippen molar-refractivity contribution in [3.8, 4) is 0 Å². The normalized spacial score (nSPS) is 24.0. The Bertz CT molecular complexity index is 998. The van der Waals surface area contributed by atoms with Gasteiger partial charge in [0.15, 0.2) is 0 Å². The molecular weight excluding hydrogens is 374 g/mol. The average molecular weight is 405 g/mol.